The Morgan fingerprint density at radius 1 is 0.968 bits per heavy atom. The molecule has 0 heterocycles. The summed E-state index contributed by atoms with van der Waals surface area (Å²) in [5.41, 5.74) is 2.15. The largest absolute Gasteiger partial charge is 0.322 e. The van der Waals surface area contributed by atoms with E-state index in [0.29, 0.717) is 32.8 Å². The highest BCUT2D eigenvalue weighted by Gasteiger charge is 2.17. The summed E-state index contributed by atoms with van der Waals surface area (Å²) in [6.45, 7) is 5.88. The molecule has 0 saturated carbocycles. The lowest BCUT2D eigenvalue weighted by Crippen LogP contribution is -2.15. The lowest BCUT2D eigenvalue weighted by Gasteiger charge is -2.13. The van der Waals surface area contributed by atoms with Gasteiger partial charge in [-0.15, -0.1) is 11.8 Å². The van der Waals surface area contributed by atoms with Crippen molar-refractivity contribution in [1.29, 1.82) is 0 Å². The summed E-state index contributed by atoms with van der Waals surface area (Å²) < 4.78 is 28.0. The van der Waals surface area contributed by atoms with Crippen LogP contribution in [0.2, 0.25) is 5.02 Å². The number of rotatable bonds is 7. The van der Waals surface area contributed by atoms with Gasteiger partial charge in [0.1, 0.15) is 0 Å². The van der Waals surface area contributed by atoms with Crippen LogP contribution in [0, 0.1) is 6.92 Å². The highest BCUT2D eigenvalue weighted by Crippen LogP contribution is 2.28. The smallest absolute Gasteiger partial charge is 0.261 e. The fourth-order valence-corrected chi connectivity index (χ4v) is 5.10. The maximum Gasteiger partial charge on any atom is 0.261 e. The number of benzene rings is 3. The van der Waals surface area contributed by atoms with Crippen molar-refractivity contribution in [2.75, 3.05) is 10.0 Å². The summed E-state index contributed by atoms with van der Waals surface area (Å²) in [6, 6.07) is 18.5. The second kappa shape index (κ2) is 9.77. The van der Waals surface area contributed by atoms with Crippen molar-refractivity contribution in [2.24, 2.45) is 0 Å². The molecule has 0 radical (unpaired) electrons. The quantitative estimate of drug-likeness (QED) is 0.399. The Bertz CT molecular complexity index is 1190. The molecule has 0 bridgehead atoms. The van der Waals surface area contributed by atoms with Crippen molar-refractivity contribution in [3.05, 3.63) is 82.9 Å². The van der Waals surface area contributed by atoms with Gasteiger partial charge >= 0.3 is 0 Å². The number of carbonyl (C=O) groups excluding carboxylic acids is 1. The van der Waals surface area contributed by atoms with E-state index in [1.807, 2.05) is 18.2 Å². The van der Waals surface area contributed by atoms with E-state index in [-0.39, 0.29) is 10.8 Å². The summed E-state index contributed by atoms with van der Waals surface area (Å²) in [6.07, 6.45) is 0. The number of nitrogens with one attached hydrogen (secondary N) is 2. The van der Waals surface area contributed by atoms with Crippen LogP contribution in [-0.4, -0.2) is 19.6 Å². The molecule has 0 unspecified atom stereocenters. The van der Waals surface area contributed by atoms with E-state index in [4.69, 9.17) is 11.6 Å². The van der Waals surface area contributed by atoms with Crippen molar-refractivity contribution in [1.82, 2.24) is 0 Å². The van der Waals surface area contributed by atoms with Crippen LogP contribution in [0.5, 0.6) is 0 Å². The lowest BCUT2D eigenvalue weighted by atomic mass is 10.2. The number of anilines is 2. The molecule has 1 amide bonds. The number of halogens is 1. The minimum Gasteiger partial charge on any atom is -0.322 e. The Balaban J connectivity index is 1.76. The number of thioether (sulfide) groups is 1. The first kappa shape index (κ1) is 23.2. The van der Waals surface area contributed by atoms with Crippen LogP contribution in [0.4, 0.5) is 11.4 Å². The SMILES string of the molecule is Cc1c(Cl)cccc1NS(=O)(=O)c1ccc(NC(=O)c2ccccc2SC(C)C)cc1. The van der Waals surface area contributed by atoms with Crippen molar-refractivity contribution >= 4 is 50.7 Å². The molecule has 3 rings (SSSR count). The fraction of sp³-hybridized carbons (Fsp3) is 0.174. The van der Waals surface area contributed by atoms with Gasteiger partial charge in [-0.1, -0.05) is 43.6 Å². The third-order valence-electron chi connectivity index (χ3n) is 4.43. The number of sulfonamides is 1. The van der Waals surface area contributed by atoms with Crippen LogP contribution in [0.15, 0.2) is 76.5 Å². The molecule has 0 spiro atoms. The Morgan fingerprint density at radius 2 is 1.65 bits per heavy atom. The van der Waals surface area contributed by atoms with Crippen molar-refractivity contribution in [2.45, 2.75) is 35.8 Å². The molecule has 0 aliphatic carbocycles. The topological polar surface area (TPSA) is 75.3 Å². The first-order valence-electron chi connectivity index (χ1n) is 9.62. The minimum atomic E-state index is -3.79. The van der Waals surface area contributed by atoms with Gasteiger partial charge in [0.05, 0.1) is 16.1 Å². The number of hydrogen-bond acceptors (Lipinski definition) is 4. The second-order valence-corrected chi connectivity index (χ2v) is 10.9. The molecular weight excluding hydrogens is 452 g/mol. The van der Waals surface area contributed by atoms with Gasteiger partial charge < -0.3 is 5.32 Å². The van der Waals surface area contributed by atoms with Crippen molar-refractivity contribution in [3.8, 4) is 0 Å². The molecule has 0 atom stereocenters. The van der Waals surface area contributed by atoms with Gasteiger partial charge in [0.2, 0.25) is 0 Å². The predicted octanol–water partition coefficient (Wildman–Crippen LogP) is 6.20. The molecule has 0 saturated heterocycles. The maximum atomic E-state index is 12.7. The van der Waals surface area contributed by atoms with Crippen LogP contribution in [-0.2, 0) is 10.0 Å². The lowest BCUT2D eigenvalue weighted by molar-refractivity contribution is 0.102. The number of carbonyl (C=O) groups is 1. The molecule has 3 aromatic rings. The normalized spacial score (nSPS) is 11.4. The molecule has 5 nitrogen and oxygen atoms in total. The Labute approximate surface area is 192 Å². The van der Waals surface area contributed by atoms with Crippen molar-refractivity contribution < 1.29 is 13.2 Å². The van der Waals surface area contributed by atoms with E-state index in [0.717, 1.165) is 4.90 Å². The Kier molecular flexibility index (Phi) is 7.30. The average molecular weight is 475 g/mol. The van der Waals surface area contributed by atoms with Crippen LogP contribution in [0.3, 0.4) is 0 Å². The van der Waals surface area contributed by atoms with Gasteiger partial charge in [0, 0.05) is 20.9 Å². The second-order valence-electron chi connectivity index (χ2n) is 7.16. The summed E-state index contributed by atoms with van der Waals surface area (Å²) in [4.78, 5) is 13.7. The van der Waals surface area contributed by atoms with Crippen LogP contribution in [0.25, 0.3) is 0 Å². The molecule has 0 fully saturated rings. The summed E-state index contributed by atoms with van der Waals surface area (Å²) in [5.74, 6) is -0.243. The first-order valence-corrected chi connectivity index (χ1v) is 12.4. The van der Waals surface area contributed by atoms with Crippen LogP contribution >= 0.6 is 23.4 Å². The Hall–Kier alpha value is -2.48. The number of hydrogen-bond donors (Lipinski definition) is 2. The van der Waals surface area contributed by atoms with Gasteiger partial charge in [0.15, 0.2) is 0 Å². The molecule has 0 aliphatic rings. The molecule has 3 aromatic carbocycles. The molecule has 2 N–H and O–H groups in total. The summed E-state index contributed by atoms with van der Waals surface area (Å²) >= 11 is 7.69. The maximum absolute atomic E-state index is 12.7. The fourth-order valence-electron chi connectivity index (χ4n) is 2.85. The molecule has 8 heteroatoms. The van der Waals surface area contributed by atoms with Gasteiger partial charge in [-0.25, -0.2) is 8.42 Å². The summed E-state index contributed by atoms with van der Waals surface area (Å²) in [5, 5.41) is 3.65. The van der Waals surface area contributed by atoms with Crippen molar-refractivity contribution in [3.63, 3.8) is 0 Å². The van der Waals surface area contributed by atoms with E-state index >= 15 is 0 Å². The van der Waals surface area contributed by atoms with Gasteiger partial charge in [-0.3, -0.25) is 9.52 Å². The molecule has 0 aliphatic heterocycles. The van der Waals surface area contributed by atoms with Gasteiger partial charge in [-0.2, -0.15) is 0 Å². The molecule has 31 heavy (non-hydrogen) atoms. The minimum absolute atomic E-state index is 0.0839. The molecule has 162 valence electrons. The third kappa shape index (κ3) is 5.81. The monoisotopic (exact) mass is 474 g/mol. The number of amides is 1. The van der Waals surface area contributed by atoms with Gasteiger partial charge in [-0.05, 0) is 61.0 Å². The average Bonchev–Trinajstić information content (AvgIpc) is 2.71. The predicted molar refractivity (Wildman–Crippen MR) is 129 cm³/mol. The van der Waals surface area contributed by atoms with Crippen LogP contribution < -0.4 is 10.0 Å². The van der Waals surface area contributed by atoms with E-state index < -0.39 is 10.0 Å². The highest BCUT2D eigenvalue weighted by molar-refractivity contribution is 8.00. The van der Waals surface area contributed by atoms with E-state index in [2.05, 4.69) is 23.9 Å². The van der Waals surface area contributed by atoms with E-state index in [1.54, 1.807) is 55.1 Å². The van der Waals surface area contributed by atoms with Crippen LogP contribution in [0.1, 0.15) is 29.8 Å². The molecular formula is C23H23ClN2O3S2. The standard InChI is InChI=1S/C23H23ClN2O3S2/c1-15(2)30-22-10-5-4-7-19(22)23(27)25-17-11-13-18(14-12-17)31(28,29)26-21-9-6-8-20(24)16(21)3/h4-15,26H,1-3H3,(H,25,27). The highest BCUT2D eigenvalue weighted by atomic mass is 35.5. The zero-order chi connectivity index (χ0) is 22.6. The Morgan fingerprint density at radius 3 is 2.32 bits per heavy atom. The zero-order valence-corrected chi connectivity index (χ0v) is 19.7. The zero-order valence-electron chi connectivity index (χ0n) is 17.3. The van der Waals surface area contributed by atoms with Gasteiger partial charge in [0.25, 0.3) is 15.9 Å². The third-order valence-corrected chi connectivity index (χ3v) is 7.30. The van der Waals surface area contributed by atoms with E-state index in [9.17, 15) is 13.2 Å². The molecule has 0 aromatic heterocycles. The summed E-state index contributed by atoms with van der Waals surface area (Å²) in [7, 11) is -3.79. The first-order chi connectivity index (χ1) is 14.7. The van der Waals surface area contributed by atoms with E-state index in [1.165, 1.54) is 12.1 Å².